The molecule has 3 nitrogen and oxygen atoms in total. The average Bonchev–Trinajstić information content (AvgIpc) is 2.52. The molecule has 1 heterocycles. The summed E-state index contributed by atoms with van der Waals surface area (Å²) in [6, 6.07) is 8.09. The number of rotatable bonds is 1. The molecule has 0 aliphatic carbocycles. The van der Waals surface area contributed by atoms with E-state index in [1.807, 2.05) is 29.8 Å². The molecule has 2 aromatic rings. The highest BCUT2D eigenvalue weighted by Crippen LogP contribution is 2.16. The van der Waals surface area contributed by atoms with Crippen LogP contribution < -0.4 is 0 Å². The molecular formula is C9H8IN3. The van der Waals surface area contributed by atoms with Gasteiger partial charge in [-0.3, -0.25) is 0 Å². The van der Waals surface area contributed by atoms with Crippen LogP contribution in [0.15, 0.2) is 30.5 Å². The first-order chi connectivity index (χ1) is 6.29. The number of para-hydroxylation sites is 1. The van der Waals surface area contributed by atoms with Crippen LogP contribution in [0, 0.1) is 10.5 Å². The summed E-state index contributed by atoms with van der Waals surface area (Å²) in [6.07, 6.45) is 1.75. The molecule has 66 valence electrons. The summed E-state index contributed by atoms with van der Waals surface area (Å²) in [5.41, 5.74) is 2.13. The molecule has 0 saturated carbocycles. The van der Waals surface area contributed by atoms with Gasteiger partial charge in [0, 0.05) is 3.57 Å². The summed E-state index contributed by atoms with van der Waals surface area (Å²) < 4.78 is 3.01. The topological polar surface area (TPSA) is 30.7 Å². The van der Waals surface area contributed by atoms with Crippen LogP contribution in [0.4, 0.5) is 0 Å². The zero-order valence-electron chi connectivity index (χ0n) is 7.11. The summed E-state index contributed by atoms with van der Waals surface area (Å²) in [6.45, 7) is 1.99. The number of aryl methyl sites for hydroxylation is 1. The molecule has 0 bridgehead atoms. The van der Waals surface area contributed by atoms with Crippen molar-refractivity contribution in [2.24, 2.45) is 0 Å². The second-order valence-corrected chi connectivity index (χ2v) is 3.90. The third-order valence-electron chi connectivity index (χ3n) is 1.80. The number of benzene rings is 1. The molecule has 0 radical (unpaired) electrons. The van der Waals surface area contributed by atoms with Crippen molar-refractivity contribution in [1.29, 1.82) is 0 Å². The maximum atomic E-state index is 4.01. The first-order valence-corrected chi connectivity index (χ1v) is 4.99. The second kappa shape index (κ2) is 3.45. The monoisotopic (exact) mass is 285 g/mol. The minimum atomic E-state index is 1.05. The smallest absolute Gasteiger partial charge is 0.0799 e. The Labute approximate surface area is 89.9 Å². The molecule has 1 aromatic carbocycles. The Morgan fingerprint density at radius 3 is 2.69 bits per heavy atom. The fourth-order valence-corrected chi connectivity index (χ4v) is 1.76. The van der Waals surface area contributed by atoms with Crippen molar-refractivity contribution in [2.45, 2.75) is 6.92 Å². The summed E-state index contributed by atoms with van der Waals surface area (Å²) in [7, 11) is 0. The molecule has 0 unspecified atom stereocenters. The van der Waals surface area contributed by atoms with Crippen LogP contribution in [-0.4, -0.2) is 15.0 Å². The second-order valence-electron chi connectivity index (χ2n) is 2.74. The number of hydrogen-bond donors (Lipinski definition) is 0. The molecule has 0 fully saturated rings. The van der Waals surface area contributed by atoms with E-state index in [1.165, 1.54) is 3.57 Å². The quantitative estimate of drug-likeness (QED) is 0.752. The molecule has 4 heteroatoms. The summed E-state index contributed by atoms with van der Waals surface area (Å²) >= 11 is 2.29. The van der Waals surface area contributed by atoms with E-state index in [0.717, 1.165) is 11.4 Å². The van der Waals surface area contributed by atoms with E-state index < -0.39 is 0 Å². The zero-order valence-corrected chi connectivity index (χ0v) is 9.26. The molecule has 0 N–H and O–H groups in total. The minimum Gasteiger partial charge on any atom is -0.217 e. The number of halogens is 1. The van der Waals surface area contributed by atoms with Crippen LogP contribution >= 0.6 is 22.6 Å². The maximum Gasteiger partial charge on any atom is 0.0799 e. The van der Waals surface area contributed by atoms with Gasteiger partial charge in [0.25, 0.3) is 0 Å². The van der Waals surface area contributed by atoms with Crippen LogP contribution in [0.5, 0.6) is 0 Å². The Kier molecular flexibility index (Phi) is 2.30. The molecule has 0 atom stereocenters. The Balaban J connectivity index is 2.59. The van der Waals surface area contributed by atoms with E-state index in [0.29, 0.717) is 0 Å². The zero-order chi connectivity index (χ0) is 9.26. The number of aromatic nitrogens is 3. The van der Waals surface area contributed by atoms with Crippen LogP contribution in [-0.2, 0) is 0 Å². The molecule has 2 rings (SSSR count). The SMILES string of the molecule is Cc1cnnn1-c1ccccc1I. The fraction of sp³-hybridized carbons (Fsp3) is 0.111. The first kappa shape index (κ1) is 8.68. The molecule has 0 saturated heterocycles. The molecule has 0 aliphatic heterocycles. The van der Waals surface area contributed by atoms with Gasteiger partial charge in [-0.2, -0.15) is 0 Å². The molecule has 0 spiro atoms. The number of nitrogens with zero attached hydrogens (tertiary/aromatic N) is 3. The van der Waals surface area contributed by atoms with E-state index in [-0.39, 0.29) is 0 Å². The van der Waals surface area contributed by atoms with Gasteiger partial charge in [-0.05, 0) is 41.6 Å². The minimum absolute atomic E-state index is 1.05. The van der Waals surface area contributed by atoms with Crippen LogP contribution in [0.3, 0.4) is 0 Å². The van der Waals surface area contributed by atoms with Crippen molar-refractivity contribution < 1.29 is 0 Å². The van der Waals surface area contributed by atoms with Crippen LogP contribution in [0.25, 0.3) is 5.69 Å². The van der Waals surface area contributed by atoms with E-state index in [1.54, 1.807) is 6.20 Å². The molecule has 0 amide bonds. The van der Waals surface area contributed by atoms with E-state index in [4.69, 9.17) is 0 Å². The normalized spacial score (nSPS) is 10.3. The largest absolute Gasteiger partial charge is 0.217 e. The predicted molar refractivity (Wildman–Crippen MR) is 58.8 cm³/mol. The standard InChI is InChI=1S/C9H8IN3/c1-7-6-11-12-13(7)9-5-3-2-4-8(9)10/h2-6H,1H3. The molecular weight excluding hydrogens is 277 g/mol. The lowest BCUT2D eigenvalue weighted by Crippen LogP contribution is -2.00. The van der Waals surface area contributed by atoms with E-state index in [9.17, 15) is 0 Å². The van der Waals surface area contributed by atoms with Crippen LogP contribution in [0.2, 0.25) is 0 Å². The summed E-state index contributed by atoms with van der Waals surface area (Å²) in [5, 5.41) is 7.86. The maximum absolute atomic E-state index is 4.01. The molecule has 1 aromatic heterocycles. The Morgan fingerprint density at radius 1 is 1.31 bits per heavy atom. The summed E-state index contributed by atoms with van der Waals surface area (Å²) in [5.74, 6) is 0. The fourth-order valence-electron chi connectivity index (χ4n) is 1.15. The Hall–Kier alpha value is -0.910. The van der Waals surface area contributed by atoms with Gasteiger partial charge in [0.2, 0.25) is 0 Å². The third kappa shape index (κ3) is 1.58. The van der Waals surface area contributed by atoms with Crippen molar-refractivity contribution in [3.05, 3.63) is 39.7 Å². The Morgan fingerprint density at radius 2 is 2.08 bits per heavy atom. The molecule has 13 heavy (non-hydrogen) atoms. The lowest BCUT2D eigenvalue weighted by Gasteiger charge is -2.04. The highest BCUT2D eigenvalue weighted by molar-refractivity contribution is 14.1. The predicted octanol–water partition coefficient (Wildman–Crippen LogP) is 2.18. The van der Waals surface area contributed by atoms with Crippen LogP contribution in [0.1, 0.15) is 5.69 Å². The highest BCUT2D eigenvalue weighted by Gasteiger charge is 2.04. The van der Waals surface area contributed by atoms with Gasteiger partial charge in [-0.15, -0.1) is 5.10 Å². The van der Waals surface area contributed by atoms with Gasteiger partial charge in [0.05, 0.1) is 17.6 Å². The Bertz CT molecular complexity index is 422. The third-order valence-corrected chi connectivity index (χ3v) is 2.71. The van der Waals surface area contributed by atoms with Gasteiger partial charge >= 0.3 is 0 Å². The van der Waals surface area contributed by atoms with Gasteiger partial charge in [0.1, 0.15) is 0 Å². The van der Waals surface area contributed by atoms with Crippen molar-refractivity contribution in [1.82, 2.24) is 15.0 Å². The van der Waals surface area contributed by atoms with Crippen molar-refractivity contribution in [2.75, 3.05) is 0 Å². The van der Waals surface area contributed by atoms with Crippen molar-refractivity contribution in [3.8, 4) is 5.69 Å². The van der Waals surface area contributed by atoms with Gasteiger partial charge in [0.15, 0.2) is 0 Å². The summed E-state index contributed by atoms with van der Waals surface area (Å²) in [4.78, 5) is 0. The first-order valence-electron chi connectivity index (χ1n) is 3.91. The van der Waals surface area contributed by atoms with E-state index in [2.05, 4.69) is 39.0 Å². The van der Waals surface area contributed by atoms with Gasteiger partial charge in [-0.1, -0.05) is 17.3 Å². The van der Waals surface area contributed by atoms with E-state index >= 15 is 0 Å². The van der Waals surface area contributed by atoms with Crippen molar-refractivity contribution >= 4 is 22.6 Å². The van der Waals surface area contributed by atoms with Crippen molar-refractivity contribution in [3.63, 3.8) is 0 Å². The average molecular weight is 285 g/mol. The van der Waals surface area contributed by atoms with Gasteiger partial charge in [-0.25, -0.2) is 4.68 Å². The molecule has 0 aliphatic rings. The van der Waals surface area contributed by atoms with Gasteiger partial charge < -0.3 is 0 Å². The lowest BCUT2D eigenvalue weighted by molar-refractivity contribution is 0.782. The highest BCUT2D eigenvalue weighted by atomic mass is 127. The lowest BCUT2D eigenvalue weighted by atomic mass is 10.3. The number of hydrogen-bond acceptors (Lipinski definition) is 2.